The number of nitrogens with zero attached hydrogens (tertiary/aromatic N) is 2. The summed E-state index contributed by atoms with van der Waals surface area (Å²) in [6.07, 6.45) is 0. The Morgan fingerprint density at radius 2 is 2.11 bits per heavy atom. The number of methoxy groups -OCH3 is 1. The highest BCUT2D eigenvalue weighted by molar-refractivity contribution is 6.00. The number of esters is 1. The summed E-state index contributed by atoms with van der Waals surface area (Å²) in [5.74, 6) is 0.195. The second kappa shape index (κ2) is 5.43. The van der Waals surface area contributed by atoms with Crippen LogP contribution in [0.3, 0.4) is 0 Å². The number of hydrogen-bond acceptors (Lipinski definition) is 5. The molecular formula is C13H16N4O2. The second-order valence-electron chi connectivity index (χ2n) is 3.91. The zero-order valence-corrected chi connectivity index (χ0v) is 10.9. The lowest BCUT2D eigenvalue weighted by molar-refractivity contribution is 0.0603. The molecule has 0 saturated carbocycles. The maximum Gasteiger partial charge on any atom is 0.345 e. The monoisotopic (exact) mass is 260 g/mol. The summed E-state index contributed by atoms with van der Waals surface area (Å²) >= 11 is 0. The van der Waals surface area contributed by atoms with Crippen molar-refractivity contribution in [3.8, 4) is 0 Å². The van der Waals surface area contributed by atoms with Gasteiger partial charge in [-0.2, -0.15) is 5.10 Å². The fourth-order valence-electron chi connectivity index (χ4n) is 1.77. The average molecular weight is 260 g/mol. The van der Waals surface area contributed by atoms with Gasteiger partial charge in [-0.15, -0.1) is 0 Å². The van der Waals surface area contributed by atoms with Crippen LogP contribution in [0.1, 0.15) is 17.3 Å². The topological polar surface area (TPSA) is 82.2 Å². The number of nitrogens with two attached hydrogens (primary N) is 1. The number of para-hydroxylation sites is 1. The fraction of sp³-hybridized carbons (Fsp3) is 0.231. The molecular weight excluding hydrogens is 244 g/mol. The van der Waals surface area contributed by atoms with Crippen LogP contribution < -0.4 is 11.1 Å². The van der Waals surface area contributed by atoms with Crippen LogP contribution in [0, 0.1) is 0 Å². The fourth-order valence-corrected chi connectivity index (χ4v) is 1.77. The van der Waals surface area contributed by atoms with Crippen molar-refractivity contribution < 1.29 is 9.53 Å². The molecule has 0 aliphatic rings. The van der Waals surface area contributed by atoms with Crippen molar-refractivity contribution in [3.63, 3.8) is 0 Å². The van der Waals surface area contributed by atoms with E-state index in [2.05, 4.69) is 10.4 Å². The molecule has 1 heterocycles. The standard InChI is InChI=1S/C13H16N4O2/c1-3-17-11(14)10(13(18)19-2)12(16-17)15-9-7-5-4-6-8-9/h4-8H,3,14H2,1-2H3,(H,15,16). The molecule has 0 amide bonds. The van der Waals surface area contributed by atoms with E-state index in [1.54, 1.807) is 4.68 Å². The van der Waals surface area contributed by atoms with Gasteiger partial charge >= 0.3 is 5.97 Å². The third-order valence-corrected chi connectivity index (χ3v) is 2.72. The Kier molecular flexibility index (Phi) is 3.70. The van der Waals surface area contributed by atoms with Crippen LogP contribution >= 0.6 is 0 Å². The number of aromatic nitrogens is 2. The molecule has 0 aliphatic carbocycles. The first kappa shape index (κ1) is 12.9. The lowest BCUT2D eigenvalue weighted by Gasteiger charge is -2.04. The predicted molar refractivity (Wildman–Crippen MR) is 73.4 cm³/mol. The van der Waals surface area contributed by atoms with E-state index in [1.807, 2.05) is 37.3 Å². The van der Waals surface area contributed by atoms with E-state index >= 15 is 0 Å². The third-order valence-electron chi connectivity index (χ3n) is 2.72. The van der Waals surface area contributed by atoms with Crippen LogP contribution in [-0.2, 0) is 11.3 Å². The molecule has 0 fully saturated rings. The van der Waals surface area contributed by atoms with Crippen molar-refractivity contribution in [2.24, 2.45) is 0 Å². The van der Waals surface area contributed by atoms with Crippen molar-refractivity contribution in [3.05, 3.63) is 35.9 Å². The number of nitrogens with one attached hydrogen (secondary N) is 1. The maximum atomic E-state index is 11.8. The minimum absolute atomic E-state index is 0.258. The Labute approximate surface area is 111 Å². The molecule has 100 valence electrons. The van der Waals surface area contributed by atoms with Crippen LogP contribution in [-0.4, -0.2) is 22.9 Å². The van der Waals surface area contributed by atoms with Crippen LogP contribution in [0.15, 0.2) is 30.3 Å². The largest absolute Gasteiger partial charge is 0.465 e. The minimum atomic E-state index is -0.504. The molecule has 0 unspecified atom stereocenters. The van der Waals surface area contributed by atoms with E-state index in [4.69, 9.17) is 10.5 Å². The molecule has 0 bridgehead atoms. The summed E-state index contributed by atoms with van der Waals surface area (Å²) in [6, 6.07) is 9.44. The van der Waals surface area contributed by atoms with Crippen molar-refractivity contribution in [2.75, 3.05) is 18.2 Å². The number of nitrogen functional groups attached to an aromatic ring is 1. The molecule has 6 nitrogen and oxygen atoms in total. The Morgan fingerprint density at radius 1 is 1.42 bits per heavy atom. The Bertz CT molecular complexity index is 578. The molecule has 0 radical (unpaired) electrons. The zero-order chi connectivity index (χ0) is 13.8. The van der Waals surface area contributed by atoms with E-state index < -0.39 is 5.97 Å². The molecule has 0 aliphatic heterocycles. The first-order valence-electron chi connectivity index (χ1n) is 5.94. The third kappa shape index (κ3) is 2.52. The summed E-state index contributed by atoms with van der Waals surface area (Å²) in [4.78, 5) is 11.8. The predicted octanol–water partition coefficient (Wildman–Crippen LogP) is 2.02. The van der Waals surface area contributed by atoms with Gasteiger partial charge in [-0.25, -0.2) is 9.48 Å². The van der Waals surface area contributed by atoms with Crippen LogP contribution in [0.4, 0.5) is 17.3 Å². The number of aryl methyl sites for hydroxylation is 1. The van der Waals surface area contributed by atoms with E-state index in [1.165, 1.54) is 7.11 Å². The van der Waals surface area contributed by atoms with Gasteiger partial charge in [0.15, 0.2) is 5.82 Å². The maximum absolute atomic E-state index is 11.8. The van der Waals surface area contributed by atoms with E-state index in [-0.39, 0.29) is 5.56 Å². The smallest absolute Gasteiger partial charge is 0.345 e. The van der Waals surface area contributed by atoms with Crippen LogP contribution in [0.2, 0.25) is 0 Å². The van der Waals surface area contributed by atoms with E-state index in [9.17, 15) is 4.79 Å². The van der Waals surface area contributed by atoms with Gasteiger partial charge in [0.25, 0.3) is 0 Å². The lowest BCUT2D eigenvalue weighted by atomic mass is 10.2. The average Bonchev–Trinajstić information content (AvgIpc) is 2.75. The van der Waals surface area contributed by atoms with Gasteiger partial charge in [0.1, 0.15) is 11.4 Å². The number of anilines is 3. The highest BCUT2D eigenvalue weighted by Crippen LogP contribution is 2.25. The quantitative estimate of drug-likeness (QED) is 0.822. The van der Waals surface area contributed by atoms with Crippen molar-refractivity contribution in [1.82, 2.24) is 9.78 Å². The van der Waals surface area contributed by atoms with Crippen LogP contribution in [0.25, 0.3) is 0 Å². The highest BCUT2D eigenvalue weighted by atomic mass is 16.5. The number of rotatable bonds is 4. The molecule has 6 heteroatoms. The summed E-state index contributed by atoms with van der Waals surface area (Å²) < 4.78 is 6.29. The molecule has 0 atom stereocenters. The number of benzene rings is 1. The van der Waals surface area contributed by atoms with Crippen LogP contribution in [0.5, 0.6) is 0 Å². The highest BCUT2D eigenvalue weighted by Gasteiger charge is 2.22. The first-order valence-corrected chi connectivity index (χ1v) is 5.94. The molecule has 19 heavy (non-hydrogen) atoms. The zero-order valence-electron chi connectivity index (χ0n) is 10.9. The van der Waals surface area contributed by atoms with Gasteiger partial charge in [-0.05, 0) is 19.1 Å². The molecule has 3 N–H and O–H groups in total. The molecule has 0 saturated heterocycles. The van der Waals surface area contributed by atoms with Gasteiger partial charge in [0.2, 0.25) is 0 Å². The van der Waals surface area contributed by atoms with Gasteiger partial charge in [0, 0.05) is 12.2 Å². The SMILES string of the molecule is CCn1nc(Nc2ccccc2)c(C(=O)OC)c1N. The van der Waals surface area contributed by atoms with Gasteiger partial charge < -0.3 is 15.8 Å². The van der Waals surface area contributed by atoms with Crippen molar-refractivity contribution >= 4 is 23.3 Å². The lowest BCUT2D eigenvalue weighted by Crippen LogP contribution is -2.08. The van der Waals surface area contributed by atoms with E-state index in [0.717, 1.165) is 5.69 Å². The summed E-state index contributed by atoms with van der Waals surface area (Å²) in [7, 11) is 1.32. The van der Waals surface area contributed by atoms with E-state index in [0.29, 0.717) is 18.2 Å². The minimum Gasteiger partial charge on any atom is -0.465 e. The summed E-state index contributed by atoms with van der Waals surface area (Å²) in [5, 5.41) is 7.34. The number of ether oxygens (including phenoxy) is 1. The summed E-state index contributed by atoms with van der Waals surface area (Å²) in [5.41, 5.74) is 6.99. The van der Waals surface area contributed by atoms with Gasteiger partial charge in [0.05, 0.1) is 7.11 Å². The number of carbonyl (C=O) groups is 1. The number of hydrogen-bond donors (Lipinski definition) is 2. The molecule has 1 aromatic carbocycles. The molecule has 2 rings (SSSR count). The molecule has 2 aromatic rings. The Hall–Kier alpha value is -2.50. The normalized spacial score (nSPS) is 10.2. The van der Waals surface area contributed by atoms with Gasteiger partial charge in [-0.1, -0.05) is 18.2 Å². The Morgan fingerprint density at radius 3 is 2.68 bits per heavy atom. The number of carbonyl (C=O) groups excluding carboxylic acids is 1. The van der Waals surface area contributed by atoms with Crippen molar-refractivity contribution in [1.29, 1.82) is 0 Å². The molecule has 0 spiro atoms. The summed E-state index contributed by atoms with van der Waals surface area (Å²) in [6.45, 7) is 2.48. The van der Waals surface area contributed by atoms with Gasteiger partial charge in [-0.3, -0.25) is 0 Å². The van der Waals surface area contributed by atoms with Crippen molar-refractivity contribution in [2.45, 2.75) is 13.5 Å². The Balaban J connectivity index is 2.41. The second-order valence-corrected chi connectivity index (χ2v) is 3.91. The first-order chi connectivity index (χ1) is 9.17. The molecule has 1 aromatic heterocycles.